The molecule has 0 unspecified atom stereocenters. The van der Waals surface area contributed by atoms with E-state index in [0.29, 0.717) is 5.56 Å². The highest BCUT2D eigenvalue weighted by molar-refractivity contribution is 6.52. The summed E-state index contributed by atoms with van der Waals surface area (Å²) in [6, 6.07) is 17.7. The number of benzene rings is 3. The van der Waals surface area contributed by atoms with Crippen molar-refractivity contribution in [3.05, 3.63) is 95.6 Å². The zero-order chi connectivity index (χ0) is 24.5. The molecule has 3 aromatic carbocycles. The van der Waals surface area contributed by atoms with Crippen molar-refractivity contribution in [2.24, 2.45) is 15.0 Å². The molecular weight excluding hydrogens is 458 g/mol. The number of hydrogen-bond acceptors (Lipinski definition) is 3. The Hall–Kier alpha value is -3.95. The van der Waals surface area contributed by atoms with Crippen LogP contribution in [0.4, 0.5) is 37.7 Å². The number of nitrogens with zero attached hydrogens (tertiary/aromatic N) is 4. The Kier molecular flexibility index (Phi) is 5.99. The van der Waals surface area contributed by atoms with Crippen molar-refractivity contribution in [2.75, 3.05) is 11.9 Å². The van der Waals surface area contributed by atoms with E-state index in [1.54, 1.807) is 30.3 Å². The summed E-state index contributed by atoms with van der Waals surface area (Å²) in [6.45, 7) is 0. The molecule has 3 aromatic rings. The first-order valence-electron chi connectivity index (χ1n) is 9.92. The molecular formula is C24H16F6N4. The van der Waals surface area contributed by atoms with Gasteiger partial charge in [-0.25, -0.2) is 15.0 Å². The fourth-order valence-corrected chi connectivity index (χ4v) is 3.23. The maximum Gasteiger partial charge on any atom is 0.416 e. The largest absolute Gasteiger partial charge is 0.416 e. The number of anilines is 1. The first kappa shape index (κ1) is 23.2. The highest BCUT2D eigenvalue weighted by atomic mass is 19.4. The van der Waals surface area contributed by atoms with Gasteiger partial charge in [0.15, 0.2) is 17.5 Å². The third kappa shape index (κ3) is 5.00. The minimum absolute atomic E-state index is 0.0203. The topological polar surface area (TPSA) is 40.3 Å². The van der Waals surface area contributed by atoms with E-state index in [-0.39, 0.29) is 28.9 Å². The number of amidine groups is 3. The van der Waals surface area contributed by atoms with Gasteiger partial charge in [0, 0.05) is 18.3 Å². The van der Waals surface area contributed by atoms with Crippen LogP contribution in [0.25, 0.3) is 0 Å². The van der Waals surface area contributed by atoms with Crippen LogP contribution < -0.4 is 4.90 Å². The second-order valence-corrected chi connectivity index (χ2v) is 7.33. The Morgan fingerprint density at radius 3 is 1.97 bits per heavy atom. The molecule has 4 rings (SSSR count). The second kappa shape index (κ2) is 8.77. The van der Waals surface area contributed by atoms with Gasteiger partial charge in [-0.05, 0) is 36.4 Å². The lowest BCUT2D eigenvalue weighted by Crippen LogP contribution is -2.31. The van der Waals surface area contributed by atoms with Crippen LogP contribution in [0.5, 0.6) is 0 Å². The van der Waals surface area contributed by atoms with Gasteiger partial charge < -0.3 is 4.90 Å². The number of halogens is 6. The van der Waals surface area contributed by atoms with Gasteiger partial charge in [0.25, 0.3) is 0 Å². The monoisotopic (exact) mass is 474 g/mol. The van der Waals surface area contributed by atoms with Crippen molar-refractivity contribution < 1.29 is 26.3 Å². The van der Waals surface area contributed by atoms with E-state index in [4.69, 9.17) is 0 Å². The van der Waals surface area contributed by atoms with E-state index < -0.39 is 23.5 Å². The van der Waals surface area contributed by atoms with E-state index in [0.717, 1.165) is 24.3 Å². The van der Waals surface area contributed by atoms with Gasteiger partial charge in [0.1, 0.15) is 0 Å². The lowest BCUT2D eigenvalue weighted by molar-refractivity contribution is -0.138. The minimum atomic E-state index is -4.56. The lowest BCUT2D eigenvalue weighted by Gasteiger charge is -2.20. The van der Waals surface area contributed by atoms with Crippen LogP contribution in [-0.2, 0) is 12.4 Å². The molecule has 0 N–H and O–H groups in total. The molecule has 0 amide bonds. The lowest BCUT2D eigenvalue weighted by atomic mass is 10.2. The van der Waals surface area contributed by atoms with Crippen molar-refractivity contribution in [3.63, 3.8) is 0 Å². The van der Waals surface area contributed by atoms with E-state index >= 15 is 0 Å². The Labute approximate surface area is 190 Å². The molecule has 0 aliphatic carbocycles. The fraction of sp³-hybridized carbons (Fsp3) is 0.125. The Morgan fingerprint density at radius 1 is 0.706 bits per heavy atom. The summed E-state index contributed by atoms with van der Waals surface area (Å²) in [5, 5.41) is 0. The van der Waals surface area contributed by atoms with Crippen LogP contribution in [0.1, 0.15) is 16.7 Å². The molecule has 0 fully saturated rings. The molecule has 0 spiro atoms. The Balaban J connectivity index is 1.79. The molecule has 1 aliphatic rings. The van der Waals surface area contributed by atoms with Gasteiger partial charge in [0.2, 0.25) is 0 Å². The van der Waals surface area contributed by atoms with Crippen molar-refractivity contribution in [1.82, 2.24) is 0 Å². The Morgan fingerprint density at radius 2 is 1.32 bits per heavy atom. The summed E-state index contributed by atoms with van der Waals surface area (Å²) in [7, 11) is 1.49. The number of rotatable bonds is 3. The third-order valence-corrected chi connectivity index (χ3v) is 4.94. The van der Waals surface area contributed by atoms with E-state index in [2.05, 4.69) is 15.0 Å². The van der Waals surface area contributed by atoms with Gasteiger partial charge >= 0.3 is 12.4 Å². The average Bonchev–Trinajstić information content (AvgIpc) is 3.22. The Bertz CT molecular complexity index is 1290. The normalized spacial score (nSPS) is 15.3. The molecule has 0 saturated carbocycles. The third-order valence-electron chi connectivity index (χ3n) is 4.94. The first-order valence-corrected chi connectivity index (χ1v) is 9.92. The highest BCUT2D eigenvalue weighted by Gasteiger charge is 2.32. The van der Waals surface area contributed by atoms with Crippen molar-refractivity contribution in [3.8, 4) is 0 Å². The second-order valence-electron chi connectivity index (χ2n) is 7.33. The van der Waals surface area contributed by atoms with E-state index in [1.807, 2.05) is 0 Å². The van der Waals surface area contributed by atoms with Gasteiger partial charge in [0.05, 0.1) is 16.8 Å². The fourth-order valence-electron chi connectivity index (χ4n) is 3.23. The van der Waals surface area contributed by atoms with Gasteiger partial charge in [-0.15, -0.1) is 0 Å². The van der Waals surface area contributed by atoms with Crippen molar-refractivity contribution in [2.45, 2.75) is 12.4 Å². The quantitative estimate of drug-likeness (QED) is 0.387. The number of alkyl halides is 6. The molecule has 0 atom stereocenters. The molecule has 1 heterocycles. The maximum absolute atomic E-state index is 13.2. The van der Waals surface area contributed by atoms with Crippen LogP contribution in [0, 0.1) is 0 Å². The van der Waals surface area contributed by atoms with E-state index in [9.17, 15) is 26.3 Å². The molecule has 34 heavy (non-hydrogen) atoms. The summed E-state index contributed by atoms with van der Waals surface area (Å²) in [5.41, 5.74) is -0.977. The van der Waals surface area contributed by atoms with Crippen LogP contribution in [0.3, 0.4) is 0 Å². The van der Waals surface area contributed by atoms with Gasteiger partial charge in [-0.3, -0.25) is 0 Å². The predicted octanol–water partition coefficient (Wildman–Crippen LogP) is 6.75. The predicted molar refractivity (Wildman–Crippen MR) is 119 cm³/mol. The summed E-state index contributed by atoms with van der Waals surface area (Å²) in [6.07, 6.45) is -9.11. The highest BCUT2D eigenvalue weighted by Crippen LogP contribution is 2.33. The first-order chi connectivity index (χ1) is 16.0. The molecule has 1 aliphatic heterocycles. The molecule has 0 aromatic heterocycles. The molecule has 0 bridgehead atoms. The smallest absolute Gasteiger partial charge is 0.326 e. The SMILES string of the molecule is CN(C1=NC(c2ccccc2)=NC1=Nc1cccc(C(F)(F)F)c1)c1cccc(C(F)(F)F)c1. The van der Waals surface area contributed by atoms with Crippen LogP contribution in [0.15, 0.2) is 93.8 Å². The van der Waals surface area contributed by atoms with Crippen LogP contribution in [0.2, 0.25) is 0 Å². The molecule has 174 valence electrons. The molecule has 4 nitrogen and oxygen atoms in total. The van der Waals surface area contributed by atoms with Crippen LogP contribution in [-0.4, -0.2) is 24.6 Å². The van der Waals surface area contributed by atoms with Crippen molar-refractivity contribution >= 4 is 28.9 Å². The number of hydrogen-bond donors (Lipinski definition) is 0. The van der Waals surface area contributed by atoms with E-state index in [1.165, 1.54) is 36.2 Å². The van der Waals surface area contributed by atoms with Gasteiger partial charge in [-0.1, -0.05) is 42.5 Å². The van der Waals surface area contributed by atoms with Crippen LogP contribution >= 0.6 is 0 Å². The average molecular weight is 474 g/mol. The summed E-state index contributed by atoms with van der Waals surface area (Å²) in [5.74, 6) is 0.300. The summed E-state index contributed by atoms with van der Waals surface area (Å²) in [4.78, 5) is 14.4. The zero-order valence-electron chi connectivity index (χ0n) is 17.6. The van der Waals surface area contributed by atoms with Crippen molar-refractivity contribution in [1.29, 1.82) is 0 Å². The number of likely N-dealkylation sites (N-methyl/N-ethyl adjacent to an activating group) is 1. The summed E-state index contributed by atoms with van der Waals surface area (Å²) < 4.78 is 79.0. The zero-order valence-corrected chi connectivity index (χ0v) is 17.6. The summed E-state index contributed by atoms with van der Waals surface area (Å²) >= 11 is 0. The maximum atomic E-state index is 13.2. The number of aliphatic imine (C=N–C) groups is 3. The molecule has 10 heteroatoms. The minimum Gasteiger partial charge on any atom is -0.326 e. The molecule has 0 saturated heterocycles. The standard InChI is InChI=1S/C24H16F6N4/c1-34(19-12-6-10-17(14-19)24(28,29)30)22-21(32-20(33-22)15-7-3-2-4-8-15)31-18-11-5-9-16(13-18)23(25,26)27/h2-14H,1H3. The van der Waals surface area contributed by atoms with Gasteiger partial charge in [-0.2, -0.15) is 26.3 Å². The molecule has 0 radical (unpaired) electrons.